The fourth-order valence-electron chi connectivity index (χ4n) is 2.07. The first-order valence-electron chi connectivity index (χ1n) is 6.78. The van der Waals surface area contributed by atoms with Gasteiger partial charge in [-0.05, 0) is 23.9 Å². The molecule has 0 fully saturated rings. The zero-order valence-corrected chi connectivity index (χ0v) is 12.8. The summed E-state index contributed by atoms with van der Waals surface area (Å²) < 4.78 is 0. The molecule has 2 N–H and O–H groups in total. The molecule has 7 heteroatoms. The van der Waals surface area contributed by atoms with Crippen molar-refractivity contribution in [3.05, 3.63) is 44.6 Å². The van der Waals surface area contributed by atoms with Crippen molar-refractivity contribution in [2.45, 2.75) is 25.8 Å². The molecule has 112 valence electrons. The number of rotatable bonds is 7. The number of aromatic nitrogens is 1. The Morgan fingerprint density at radius 1 is 1.43 bits per heavy atom. The van der Waals surface area contributed by atoms with Gasteiger partial charge in [-0.15, -0.1) is 11.3 Å². The molecule has 21 heavy (non-hydrogen) atoms. The summed E-state index contributed by atoms with van der Waals surface area (Å²) in [5.41, 5.74) is -0.00772. The van der Waals surface area contributed by atoms with Crippen LogP contribution >= 0.6 is 11.3 Å². The van der Waals surface area contributed by atoms with Crippen LogP contribution in [0.2, 0.25) is 0 Å². The van der Waals surface area contributed by atoms with E-state index in [0.717, 1.165) is 17.7 Å². The molecule has 1 atom stereocenters. The summed E-state index contributed by atoms with van der Waals surface area (Å²) in [6, 6.07) is 7.12. The minimum atomic E-state index is -0.411. The molecule has 0 aliphatic rings. The lowest BCUT2D eigenvalue weighted by Gasteiger charge is -2.17. The number of thiophene rings is 1. The predicted molar refractivity (Wildman–Crippen MR) is 86.0 cm³/mol. The van der Waals surface area contributed by atoms with Gasteiger partial charge in [0.25, 0.3) is 0 Å². The summed E-state index contributed by atoms with van der Waals surface area (Å²) in [6.45, 7) is 2.09. The van der Waals surface area contributed by atoms with Gasteiger partial charge >= 0.3 is 5.69 Å². The fourth-order valence-corrected chi connectivity index (χ4v) is 2.89. The topological polar surface area (TPSA) is 80.1 Å². The number of pyridine rings is 1. The van der Waals surface area contributed by atoms with Gasteiger partial charge in [-0.3, -0.25) is 10.1 Å². The van der Waals surface area contributed by atoms with Gasteiger partial charge in [-0.1, -0.05) is 19.4 Å². The second-order valence-electron chi connectivity index (χ2n) is 4.57. The van der Waals surface area contributed by atoms with Crippen molar-refractivity contribution in [2.24, 2.45) is 0 Å². The van der Waals surface area contributed by atoms with Crippen molar-refractivity contribution in [3.63, 3.8) is 0 Å². The summed E-state index contributed by atoms with van der Waals surface area (Å²) in [5.74, 6) is 0.906. The van der Waals surface area contributed by atoms with E-state index in [1.54, 1.807) is 24.5 Å². The maximum atomic E-state index is 11.2. The van der Waals surface area contributed by atoms with Gasteiger partial charge in [0, 0.05) is 18.0 Å². The van der Waals surface area contributed by atoms with E-state index in [-0.39, 0.29) is 11.7 Å². The highest BCUT2D eigenvalue weighted by Crippen LogP contribution is 2.31. The number of nitro groups is 1. The van der Waals surface area contributed by atoms with Crippen molar-refractivity contribution in [2.75, 3.05) is 17.7 Å². The van der Waals surface area contributed by atoms with Crippen LogP contribution in [0.3, 0.4) is 0 Å². The second-order valence-corrected chi connectivity index (χ2v) is 5.55. The van der Waals surface area contributed by atoms with Crippen molar-refractivity contribution >= 4 is 28.7 Å². The quantitative estimate of drug-likeness (QED) is 0.596. The van der Waals surface area contributed by atoms with E-state index in [2.05, 4.69) is 22.5 Å². The highest BCUT2D eigenvalue weighted by molar-refractivity contribution is 7.10. The highest BCUT2D eigenvalue weighted by atomic mass is 32.1. The van der Waals surface area contributed by atoms with Crippen molar-refractivity contribution in [1.82, 2.24) is 4.98 Å². The summed E-state index contributed by atoms with van der Waals surface area (Å²) in [4.78, 5) is 16.2. The molecule has 2 aromatic heterocycles. The molecule has 0 aromatic carbocycles. The van der Waals surface area contributed by atoms with Crippen LogP contribution in [-0.2, 0) is 0 Å². The molecule has 2 heterocycles. The molecular weight excluding hydrogens is 288 g/mol. The largest absolute Gasteiger partial charge is 0.373 e. The summed E-state index contributed by atoms with van der Waals surface area (Å²) in [7, 11) is 1.74. The SMILES string of the molecule is CCCC(Nc1nc(NC)ccc1[N+](=O)[O-])c1cccs1. The Balaban J connectivity index is 2.32. The second kappa shape index (κ2) is 7.03. The first-order chi connectivity index (χ1) is 10.2. The molecule has 2 aromatic rings. The van der Waals surface area contributed by atoms with Crippen LogP contribution in [0.4, 0.5) is 17.3 Å². The monoisotopic (exact) mass is 306 g/mol. The van der Waals surface area contributed by atoms with Gasteiger partial charge < -0.3 is 10.6 Å². The third-order valence-corrected chi connectivity index (χ3v) is 4.09. The van der Waals surface area contributed by atoms with E-state index >= 15 is 0 Å². The first kappa shape index (κ1) is 15.2. The minimum Gasteiger partial charge on any atom is -0.373 e. The van der Waals surface area contributed by atoms with E-state index < -0.39 is 4.92 Å². The van der Waals surface area contributed by atoms with Gasteiger partial charge in [0.15, 0.2) is 0 Å². The molecular formula is C14H18N4O2S. The van der Waals surface area contributed by atoms with E-state index in [9.17, 15) is 10.1 Å². The standard InChI is InChI=1S/C14H18N4O2S/c1-3-5-10(12-6-4-9-21-12)16-14-11(18(19)20)7-8-13(15-2)17-14/h4,6-10H,3,5H2,1-2H3,(H2,15,16,17). The van der Waals surface area contributed by atoms with Crippen molar-refractivity contribution in [3.8, 4) is 0 Å². The number of hydrogen-bond acceptors (Lipinski definition) is 6. The Labute approximate surface area is 127 Å². The molecule has 1 unspecified atom stereocenters. The molecule has 0 saturated carbocycles. The lowest BCUT2D eigenvalue weighted by atomic mass is 10.1. The number of nitrogens with one attached hydrogen (secondary N) is 2. The zero-order chi connectivity index (χ0) is 15.2. The number of anilines is 2. The molecule has 2 rings (SSSR count). The van der Waals surface area contributed by atoms with E-state index in [1.807, 2.05) is 17.5 Å². The smallest absolute Gasteiger partial charge is 0.311 e. The molecule has 0 amide bonds. The Morgan fingerprint density at radius 2 is 2.24 bits per heavy atom. The molecule has 0 bridgehead atoms. The van der Waals surface area contributed by atoms with Gasteiger partial charge in [0.1, 0.15) is 5.82 Å². The number of hydrogen-bond donors (Lipinski definition) is 2. The van der Waals surface area contributed by atoms with Gasteiger partial charge in [0.2, 0.25) is 5.82 Å². The van der Waals surface area contributed by atoms with Crippen LogP contribution in [0.5, 0.6) is 0 Å². The Hall–Kier alpha value is -2.15. The fraction of sp³-hybridized carbons (Fsp3) is 0.357. The average molecular weight is 306 g/mol. The molecule has 0 radical (unpaired) electrons. The maximum Gasteiger partial charge on any atom is 0.311 e. The third kappa shape index (κ3) is 3.69. The van der Waals surface area contributed by atoms with Crippen LogP contribution in [0.1, 0.15) is 30.7 Å². The minimum absolute atomic E-state index is 0.00772. The molecule has 0 aliphatic carbocycles. The normalized spacial score (nSPS) is 11.9. The van der Waals surface area contributed by atoms with Crippen molar-refractivity contribution < 1.29 is 4.92 Å². The predicted octanol–water partition coefficient (Wildman–Crippen LogP) is 4.05. The zero-order valence-electron chi connectivity index (χ0n) is 12.0. The van der Waals surface area contributed by atoms with Gasteiger partial charge in [-0.2, -0.15) is 0 Å². The molecule has 0 aliphatic heterocycles. The van der Waals surface area contributed by atoms with E-state index in [0.29, 0.717) is 11.6 Å². The number of nitrogens with zero attached hydrogens (tertiary/aromatic N) is 2. The lowest BCUT2D eigenvalue weighted by Crippen LogP contribution is -2.12. The van der Waals surface area contributed by atoms with Crippen LogP contribution in [-0.4, -0.2) is 17.0 Å². The maximum absolute atomic E-state index is 11.2. The van der Waals surface area contributed by atoms with Crippen molar-refractivity contribution in [1.29, 1.82) is 0 Å². The van der Waals surface area contributed by atoms with Gasteiger partial charge in [-0.25, -0.2) is 4.98 Å². The van der Waals surface area contributed by atoms with Crippen LogP contribution in [0.15, 0.2) is 29.6 Å². The molecule has 0 saturated heterocycles. The van der Waals surface area contributed by atoms with Crippen LogP contribution in [0, 0.1) is 10.1 Å². The van der Waals surface area contributed by atoms with Crippen LogP contribution < -0.4 is 10.6 Å². The Bertz CT molecular complexity index is 601. The third-order valence-electron chi connectivity index (χ3n) is 3.10. The van der Waals surface area contributed by atoms with Crippen LogP contribution in [0.25, 0.3) is 0 Å². The summed E-state index contributed by atoms with van der Waals surface area (Å²) >= 11 is 1.64. The van der Waals surface area contributed by atoms with E-state index in [1.165, 1.54) is 6.07 Å². The first-order valence-corrected chi connectivity index (χ1v) is 7.66. The summed E-state index contributed by atoms with van der Waals surface area (Å²) in [6.07, 6.45) is 1.87. The average Bonchev–Trinajstić information content (AvgIpc) is 3.00. The van der Waals surface area contributed by atoms with E-state index in [4.69, 9.17) is 0 Å². The molecule has 6 nitrogen and oxygen atoms in total. The lowest BCUT2D eigenvalue weighted by molar-refractivity contribution is -0.384. The highest BCUT2D eigenvalue weighted by Gasteiger charge is 2.20. The molecule has 0 spiro atoms. The summed E-state index contributed by atoms with van der Waals surface area (Å²) in [5, 5.41) is 19.3. The Kier molecular flexibility index (Phi) is 5.10. The van der Waals surface area contributed by atoms with Gasteiger partial charge in [0.05, 0.1) is 11.0 Å². The Morgan fingerprint density at radius 3 is 2.81 bits per heavy atom.